The van der Waals surface area contributed by atoms with Gasteiger partial charge in [-0.1, -0.05) is 19.6 Å². The number of nitrogens with one attached hydrogen (secondary N) is 1. The summed E-state index contributed by atoms with van der Waals surface area (Å²) in [6.45, 7) is 31.3. The highest BCUT2D eigenvalue weighted by atomic mass is 31.2. The van der Waals surface area contributed by atoms with Crippen molar-refractivity contribution in [3.05, 3.63) is 12.7 Å². The Morgan fingerprint density at radius 1 is 0.814 bits per heavy atom. The van der Waals surface area contributed by atoms with Crippen LogP contribution in [0, 0.1) is 0 Å². The van der Waals surface area contributed by atoms with Gasteiger partial charge in [0.1, 0.15) is 44.2 Å². The average Bonchev–Trinajstić information content (AvgIpc) is 3.29. The number of imidazole rings is 1. The van der Waals surface area contributed by atoms with Crippen LogP contribution in [0.25, 0.3) is 11.2 Å². The molecule has 12 nitrogen and oxygen atoms in total. The Bertz CT molecular complexity index is 1280. The summed E-state index contributed by atoms with van der Waals surface area (Å²) in [6, 6.07) is 0. The van der Waals surface area contributed by atoms with E-state index < -0.39 is 73.9 Å². The third kappa shape index (κ3) is 11.3. The number of nitrogens with zero attached hydrogens (tertiary/aromatic N) is 4. The summed E-state index contributed by atoms with van der Waals surface area (Å²) in [6.07, 6.45) is 0.482. The van der Waals surface area contributed by atoms with Crippen molar-refractivity contribution in [2.24, 2.45) is 0 Å². The third-order valence-electron chi connectivity index (χ3n) is 5.60. The Hall–Kier alpha value is -0.576. The minimum Gasteiger partial charge on any atom is -0.415 e. The van der Waals surface area contributed by atoms with Crippen LogP contribution < -0.4 is 4.98 Å². The Balaban J connectivity index is 2.15. The molecule has 246 valence electrons. The summed E-state index contributed by atoms with van der Waals surface area (Å²) < 4.78 is 55.2. The molecule has 1 saturated heterocycles. The highest BCUT2D eigenvalue weighted by Gasteiger charge is 2.54. The molecule has 2 aromatic heterocycles. The lowest BCUT2D eigenvalue weighted by molar-refractivity contribution is -0.0461. The molecule has 0 spiro atoms. The van der Waals surface area contributed by atoms with E-state index in [0.29, 0.717) is 17.0 Å². The molecular formula is C25H54N5O7PSi5. The topological polar surface area (TPSA) is 128 Å². The number of phosphoric acid groups is 1. The van der Waals surface area contributed by atoms with Crippen LogP contribution in [0.5, 0.6) is 0 Å². The van der Waals surface area contributed by atoms with Crippen LogP contribution in [0.15, 0.2) is 12.7 Å². The van der Waals surface area contributed by atoms with Crippen LogP contribution in [-0.2, 0) is 31.1 Å². The van der Waals surface area contributed by atoms with E-state index in [0.717, 1.165) is 0 Å². The molecule has 0 bridgehead atoms. The van der Waals surface area contributed by atoms with Gasteiger partial charge < -0.3 is 27.0 Å². The molecule has 0 radical (unpaired) electrons. The highest BCUT2D eigenvalue weighted by molar-refractivity contribution is 7.52. The lowest BCUT2D eigenvalue weighted by Crippen LogP contribution is -2.45. The molecule has 4 unspecified atom stereocenters. The Morgan fingerprint density at radius 2 is 1.40 bits per heavy atom. The monoisotopic (exact) mass is 707 g/mol. The molecule has 1 aliphatic rings. The standard InChI is InChI=1S/C25H54N5O7PSi5/c1-39(2,3)29-23-20-24(27-17-26-23)30(18-28-20)25-22(35-41(7,8)9)21(19(33-25)16-32-40(4,5)6)34-38(31,36-42(10,11)12)37-43(13,14)15/h17-19,21-22,25H,16H2,1-15H3,(H,26,27,29). The molecule has 0 aliphatic carbocycles. The summed E-state index contributed by atoms with van der Waals surface area (Å²) in [5, 5.41) is 0. The van der Waals surface area contributed by atoms with Crippen molar-refractivity contribution in [3.63, 3.8) is 0 Å². The van der Waals surface area contributed by atoms with Crippen LogP contribution in [-0.4, -0.2) is 85.9 Å². The molecule has 0 saturated carbocycles. The molecule has 1 fully saturated rings. The van der Waals surface area contributed by atoms with E-state index in [1.54, 1.807) is 6.33 Å². The fraction of sp³-hybridized carbons (Fsp3) is 0.800. The van der Waals surface area contributed by atoms with Crippen LogP contribution in [0.4, 0.5) is 5.82 Å². The first kappa shape index (κ1) is 36.9. The molecular weight excluding hydrogens is 654 g/mol. The smallest absolute Gasteiger partial charge is 0.415 e. The average molecular weight is 708 g/mol. The second kappa shape index (κ2) is 12.9. The molecule has 3 rings (SSSR count). The van der Waals surface area contributed by atoms with E-state index >= 15 is 0 Å². The van der Waals surface area contributed by atoms with E-state index in [4.69, 9.17) is 31.5 Å². The minimum atomic E-state index is -4.02. The van der Waals surface area contributed by atoms with Crippen molar-refractivity contribution in [3.8, 4) is 0 Å². The lowest BCUT2D eigenvalue weighted by atomic mass is 10.1. The third-order valence-corrected chi connectivity index (χ3v) is 15.3. The maximum absolute atomic E-state index is 14.5. The van der Waals surface area contributed by atoms with Gasteiger partial charge in [-0.2, -0.15) is 0 Å². The summed E-state index contributed by atoms with van der Waals surface area (Å²) in [5.74, 6) is 0.687. The fourth-order valence-corrected chi connectivity index (χ4v) is 13.8. The number of rotatable bonds is 14. The molecule has 0 aromatic carbocycles. The summed E-state index contributed by atoms with van der Waals surface area (Å²) >= 11 is 0. The van der Waals surface area contributed by atoms with Gasteiger partial charge in [0.15, 0.2) is 45.1 Å². The first-order valence-corrected chi connectivity index (χ1v) is 33.5. The van der Waals surface area contributed by atoms with Crippen molar-refractivity contribution < 1.29 is 31.1 Å². The SMILES string of the molecule is C[Si](C)(C)Nc1ncnc2c1ncn2C1OC(CO[Si](C)(C)C)C(OP(=O)(O[Si](C)(C)C)O[Si](C)(C)C)C1O[Si](C)(C)C. The molecule has 2 aromatic rings. The van der Waals surface area contributed by atoms with Crippen molar-refractivity contribution in [2.45, 2.75) is 123 Å². The largest absolute Gasteiger partial charge is 0.455 e. The van der Waals surface area contributed by atoms with Gasteiger partial charge in [-0.25, -0.2) is 19.5 Å². The minimum absolute atomic E-state index is 0.242. The van der Waals surface area contributed by atoms with Gasteiger partial charge in [-0.05, 0) is 78.6 Å². The Labute approximate surface area is 263 Å². The van der Waals surface area contributed by atoms with E-state index in [1.165, 1.54) is 6.33 Å². The number of ether oxygens (including phenoxy) is 1. The highest BCUT2D eigenvalue weighted by Crippen LogP contribution is 2.57. The quantitative estimate of drug-likeness (QED) is 0.158. The van der Waals surface area contributed by atoms with Crippen molar-refractivity contribution in [1.82, 2.24) is 19.5 Å². The van der Waals surface area contributed by atoms with Crippen LogP contribution in [0.2, 0.25) is 98.2 Å². The molecule has 4 atom stereocenters. The Kier molecular flexibility index (Phi) is 11.1. The van der Waals surface area contributed by atoms with E-state index in [-0.39, 0.29) is 6.61 Å². The maximum Gasteiger partial charge on any atom is 0.455 e. The maximum atomic E-state index is 14.5. The molecule has 43 heavy (non-hydrogen) atoms. The number of hydrogen-bond acceptors (Lipinski definition) is 11. The number of aromatic nitrogens is 4. The first-order chi connectivity index (χ1) is 19.2. The summed E-state index contributed by atoms with van der Waals surface area (Å²) in [5.41, 5.74) is 1.25. The molecule has 0 amide bonds. The second-order valence-corrected chi connectivity index (χ2v) is 40.8. The number of fused-ring (bicyclic) bond motifs is 1. The zero-order chi connectivity index (χ0) is 32.8. The predicted molar refractivity (Wildman–Crippen MR) is 185 cm³/mol. The van der Waals surface area contributed by atoms with E-state index in [1.807, 2.05) is 43.8 Å². The fourth-order valence-electron chi connectivity index (χ4n) is 4.43. The van der Waals surface area contributed by atoms with Gasteiger partial charge in [0.25, 0.3) is 0 Å². The van der Waals surface area contributed by atoms with Crippen LogP contribution >= 0.6 is 7.82 Å². The van der Waals surface area contributed by atoms with Crippen molar-refractivity contribution in [1.29, 1.82) is 0 Å². The molecule has 3 heterocycles. The predicted octanol–water partition coefficient (Wildman–Crippen LogP) is 7.24. The van der Waals surface area contributed by atoms with Crippen LogP contribution in [0.1, 0.15) is 6.23 Å². The van der Waals surface area contributed by atoms with Gasteiger partial charge >= 0.3 is 7.82 Å². The van der Waals surface area contributed by atoms with Crippen molar-refractivity contribution >= 4 is 66.3 Å². The number of anilines is 1. The van der Waals surface area contributed by atoms with Crippen molar-refractivity contribution in [2.75, 3.05) is 11.6 Å². The zero-order valence-corrected chi connectivity index (χ0v) is 34.7. The summed E-state index contributed by atoms with van der Waals surface area (Å²) in [7, 11) is -14.6. The lowest BCUT2D eigenvalue weighted by Gasteiger charge is -2.35. The number of hydrogen-bond donors (Lipinski definition) is 1. The van der Waals surface area contributed by atoms with Gasteiger partial charge in [0, 0.05) is 0 Å². The van der Waals surface area contributed by atoms with Gasteiger partial charge in [0.05, 0.1) is 12.9 Å². The molecule has 1 aliphatic heterocycles. The van der Waals surface area contributed by atoms with Gasteiger partial charge in [0.2, 0.25) is 0 Å². The normalized spacial score (nSPS) is 22.9. The molecule has 1 N–H and O–H groups in total. The first-order valence-electron chi connectivity index (χ1n) is 14.9. The van der Waals surface area contributed by atoms with E-state index in [9.17, 15) is 4.57 Å². The van der Waals surface area contributed by atoms with E-state index in [2.05, 4.69) is 73.9 Å². The summed E-state index contributed by atoms with van der Waals surface area (Å²) in [4.78, 5) is 17.3. The van der Waals surface area contributed by atoms with Crippen LogP contribution in [0.3, 0.4) is 0 Å². The molecule has 18 heteroatoms. The van der Waals surface area contributed by atoms with Gasteiger partial charge in [-0.15, -0.1) is 0 Å². The van der Waals surface area contributed by atoms with Gasteiger partial charge in [-0.3, -0.25) is 9.09 Å². The second-order valence-electron chi connectivity index (χ2n) is 16.0. The Morgan fingerprint density at radius 3 is 1.88 bits per heavy atom. The zero-order valence-electron chi connectivity index (χ0n) is 28.8.